The number of hydrogen-bond acceptors (Lipinski definition) is 3. The summed E-state index contributed by atoms with van der Waals surface area (Å²) >= 11 is 0. The van der Waals surface area contributed by atoms with Crippen molar-refractivity contribution in [3.8, 4) is 0 Å². The average Bonchev–Trinajstić information content (AvgIpc) is 2.73. The standard InChI is InChI=1S/C11H13N3O2/c15-7-3-6-12-11(16)10-13-8-4-1-2-5-9(8)14-10/h1-2,4-5,15H,3,6-7H2,(H,12,16)(H,13,14). The number of fused-ring (bicyclic) bond motifs is 1. The van der Waals surface area contributed by atoms with Gasteiger partial charge in [0, 0.05) is 13.2 Å². The highest BCUT2D eigenvalue weighted by Gasteiger charge is 2.09. The molecule has 0 saturated carbocycles. The van der Waals surface area contributed by atoms with Crippen molar-refractivity contribution in [3.63, 3.8) is 0 Å². The molecule has 0 fully saturated rings. The zero-order valence-electron chi connectivity index (χ0n) is 8.73. The van der Waals surface area contributed by atoms with Crippen LogP contribution in [0.4, 0.5) is 0 Å². The molecule has 2 aromatic rings. The van der Waals surface area contributed by atoms with Gasteiger partial charge in [-0.3, -0.25) is 4.79 Å². The van der Waals surface area contributed by atoms with E-state index in [1.807, 2.05) is 24.3 Å². The first kappa shape index (κ1) is 10.6. The molecule has 0 aliphatic carbocycles. The number of aromatic amines is 1. The van der Waals surface area contributed by atoms with Crippen LogP contribution in [0.1, 0.15) is 17.0 Å². The Labute approximate surface area is 92.5 Å². The van der Waals surface area contributed by atoms with E-state index in [1.54, 1.807) is 0 Å². The number of benzene rings is 1. The van der Waals surface area contributed by atoms with Crippen molar-refractivity contribution in [2.45, 2.75) is 6.42 Å². The van der Waals surface area contributed by atoms with Crippen LogP contribution in [-0.2, 0) is 0 Å². The molecule has 0 aliphatic rings. The van der Waals surface area contributed by atoms with E-state index in [0.29, 0.717) is 18.8 Å². The van der Waals surface area contributed by atoms with Crippen molar-refractivity contribution < 1.29 is 9.90 Å². The summed E-state index contributed by atoms with van der Waals surface area (Å²) in [7, 11) is 0. The topological polar surface area (TPSA) is 78.0 Å². The van der Waals surface area contributed by atoms with Crippen molar-refractivity contribution in [1.29, 1.82) is 0 Å². The van der Waals surface area contributed by atoms with Gasteiger partial charge in [0.2, 0.25) is 0 Å². The molecule has 84 valence electrons. The molecule has 0 aliphatic heterocycles. The SMILES string of the molecule is O=C(NCCCO)c1nc2ccccc2[nH]1. The molecule has 5 nitrogen and oxygen atoms in total. The fourth-order valence-electron chi connectivity index (χ4n) is 1.43. The number of nitrogens with one attached hydrogen (secondary N) is 2. The maximum absolute atomic E-state index is 11.6. The van der Waals surface area contributed by atoms with Crippen LogP contribution < -0.4 is 5.32 Å². The molecule has 0 saturated heterocycles. The van der Waals surface area contributed by atoms with E-state index in [1.165, 1.54) is 0 Å². The summed E-state index contributed by atoms with van der Waals surface area (Å²) in [5.74, 6) is 0.0591. The normalized spacial score (nSPS) is 10.6. The maximum atomic E-state index is 11.6. The van der Waals surface area contributed by atoms with Gasteiger partial charge in [-0.2, -0.15) is 0 Å². The van der Waals surface area contributed by atoms with Crippen molar-refractivity contribution in [2.24, 2.45) is 0 Å². The first-order chi connectivity index (χ1) is 7.81. The Balaban J connectivity index is 2.11. The van der Waals surface area contributed by atoms with Crippen LogP contribution >= 0.6 is 0 Å². The quantitative estimate of drug-likeness (QED) is 0.661. The van der Waals surface area contributed by atoms with E-state index in [-0.39, 0.29) is 12.5 Å². The molecule has 1 aromatic carbocycles. The van der Waals surface area contributed by atoms with Crippen LogP contribution in [0.25, 0.3) is 11.0 Å². The summed E-state index contributed by atoms with van der Waals surface area (Å²) < 4.78 is 0. The number of amides is 1. The summed E-state index contributed by atoms with van der Waals surface area (Å²) in [5, 5.41) is 11.3. The van der Waals surface area contributed by atoms with Crippen LogP contribution in [-0.4, -0.2) is 34.1 Å². The minimum atomic E-state index is -0.246. The van der Waals surface area contributed by atoms with E-state index in [2.05, 4.69) is 15.3 Å². The van der Waals surface area contributed by atoms with E-state index in [9.17, 15) is 4.79 Å². The van der Waals surface area contributed by atoms with Gasteiger partial charge in [-0.05, 0) is 18.6 Å². The predicted molar refractivity (Wildman–Crippen MR) is 60.1 cm³/mol. The Hall–Kier alpha value is -1.88. The lowest BCUT2D eigenvalue weighted by Crippen LogP contribution is -2.26. The molecule has 0 atom stereocenters. The van der Waals surface area contributed by atoms with Crippen molar-refractivity contribution in [1.82, 2.24) is 15.3 Å². The highest BCUT2D eigenvalue weighted by Crippen LogP contribution is 2.09. The van der Waals surface area contributed by atoms with Gasteiger partial charge in [0.25, 0.3) is 5.91 Å². The van der Waals surface area contributed by atoms with Gasteiger partial charge in [0.15, 0.2) is 5.82 Å². The number of aromatic nitrogens is 2. The highest BCUT2D eigenvalue weighted by molar-refractivity contribution is 5.94. The number of para-hydroxylation sites is 2. The zero-order valence-corrected chi connectivity index (χ0v) is 8.73. The lowest BCUT2D eigenvalue weighted by atomic mass is 10.3. The molecule has 0 unspecified atom stereocenters. The molecule has 0 radical (unpaired) electrons. The number of aliphatic hydroxyl groups excluding tert-OH is 1. The van der Waals surface area contributed by atoms with Crippen LogP contribution in [0.3, 0.4) is 0 Å². The van der Waals surface area contributed by atoms with Crippen LogP contribution in [0.2, 0.25) is 0 Å². The third-order valence-electron chi connectivity index (χ3n) is 2.22. The number of H-pyrrole nitrogens is 1. The summed E-state index contributed by atoms with van der Waals surface area (Å²) in [6.45, 7) is 0.521. The second kappa shape index (κ2) is 4.76. The molecule has 1 aromatic heterocycles. The van der Waals surface area contributed by atoms with Crippen molar-refractivity contribution in [3.05, 3.63) is 30.1 Å². The van der Waals surface area contributed by atoms with Crippen LogP contribution in [0, 0.1) is 0 Å². The van der Waals surface area contributed by atoms with Crippen molar-refractivity contribution in [2.75, 3.05) is 13.2 Å². The number of aliphatic hydroxyl groups is 1. The summed E-state index contributed by atoms with van der Waals surface area (Å²) in [6, 6.07) is 7.47. The number of hydrogen-bond donors (Lipinski definition) is 3. The maximum Gasteiger partial charge on any atom is 0.287 e. The largest absolute Gasteiger partial charge is 0.396 e. The average molecular weight is 219 g/mol. The van der Waals surface area contributed by atoms with E-state index in [4.69, 9.17) is 5.11 Å². The van der Waals surface area contributed by atoms with E-state index >= 15 is 0 Å². The second-order valence-corrected chi connectivity index (χ2v) is 3.44. The van der Waals surface area contributed by atoms with Gasteiger partial charge in [-0.25, -0.2) is 4.98 Å². The van der Waals surface area contributed by atoms with Gasteiger partial charge in [-0.15, -0.1) is 0 Å². The Morgan fingerprint density at radius 1 is 1.44 bits per heavy atom. The lowest BCUT2D eigenvalue weighted by molar-refractivity contribution is 0.0942. The molecule has 0 bridgehead atoms. The molecule has 2 rings (SSSR count). The predicted octanol–water partition coefficient (Wildman–Crippen LogP) is 0.675. The summed E-state index contributed by atoms with van der Waals surface area (Å²) in [5.41, 5.74) is 1.62. The van der Waals surface area contributed by atoms with Crippen LogP contribution in [0.15, 0.2) is 24.3 Å². The lowest BCUT2D eigenvalue weighted by Gasteiger charge is -1.99. The highest BCUT2D eigenvalue weighted by atomic mass is 16.3. The Morgan fingerprint density at radius 2 is 2.25 bits per heavy atom. The Morgan fingerprint density at radius 3 is 3.00 bits per heavy atom. The number of carbonyl (C=O) groups excluding carboxylic acids is 1. The Bertz CT molecular complexity index is 460. The number of rotatable bonds is 4. The third-order valence-corrected chi connectivity index (χ3v) is 2.22. The monoisotopic (exact) mass is 219 g/mol. The van der Waals surface area contributed by atoms with Gasteiger partial charge >= 0.3 is 0 Å². The third kappa shape index (κ3) is 2.20. The van der Waals surface area contributed by atoms with Gasteiger partial charge in [0.05, 0.1) is 11.0 Å². The van der Waals surface area contributed by atoms with Gasteiger partial charge < -0.3 is 15.4 Å². The molecular formula is C11H13N3O2. The van der Waals surface area contributed by atoms with Crippen LogP contribution in [0.5, 0.6) is 0 Å². The second-order valence-electron chi connectivity index (χ2n) is 3.44. The molecule has 5 heteroatoms. The smallest absolute Gasteiger partial charge is 0.287 e. The van der Waals surface area contributed by atoms with E-state index in [0.717, 1.165) is 11.0 Å². The fourth-order valence-corrected chi connectivity index (χ4v) is 1.43. The Kier molecular flexibility index (Phi) is 3.16. The molecule has 3 N–H and O–H groups in total. The van der Waals surface area contributed by atoms with Gasteiger partial charge in [-0.1, -0.05) is 12.1 Å². The molecular weight excluding hydrogens is 206 g/mol. The number of carbonyl (C=O) groups is 1. The molecule has 1 heterocycles. The molecule has 0 spiro atoms. The van der Waals surface area contributed by atoms with E-state index < -0.39 is 0 Å². The first-order valence-electron chi connectivity index (χ1n) is 5.15. The fraction of sp³-hybridized carbons (Fsp3) is 0.273. The number of imidazole rings is 1. The summed E-state index contributed by atoms with van der Waals surface area (Å²) in [4.78, 5) is 18.7. The first-order valence-corrected chi connectivity index (χ1v) is 5.15. The van der Waals surface area contributed by atoms with Gasteiger partial charge in [0.1, 0.15) is 0 Å². The molecule has 16 heavy (non-hydrogen) atoms. The van der Waals surface area contributed by atoms with Crippen molar-refractivity contribution >= 4 is 16.9 Å². The minimum absolute atomic E-state index is 0.0699. The molecule has 1 amide bonds. The number of nitrogens with zero attached hydrogens (tertiary/aromatic N) is 1. The zero-order chi connectivity index (χ0) is 11.4. The minimum Gasteiger partial charge on any atom is -0.396 e. The summed E-state index contributed by atoms with van der Waals surface area (Å²) in [6.07, 6.45) is 0.548.